The maximum absolute atomic E-state index is 12.2. The third-order valence-corrected chi connectivity index (χ3v) is 2.91. The molecule has 1 heterocycles. The largest absolute Gasteiger partial charge is 0.478 e. The summed E-state index contributed by atoms with van der Waals surface area (Å²) in [6.07, 6.45) is -3.05. The first-order valence-corrected chi connectivity index (χ1v) is 6.46. The molecule has 0 amide bonds. The minimum Gasteiger partial charge on any atom is -0.478 e. The van der Waals surface area contributed by atoms with Gasteiger partial charge < -0.3 is 10.4 Å². The third kappa shape index (κ3) is 5.91. The number of hydrogen-bond acceptors (Lipinski definition) is 3. The molecule has 2 N–H and O–H groups in total. The standard InChI is InChI=1S/C14H14F3N3O2.ClH/c15-14(16,17)9-20-6-5-11(19-20)8-18-7-10-3-1-2-4-12(10)13(21)22;/h1-6,18H,7-9H2,(H,21,22);1H. The summed E-state index contributed by atoms with van der Waals surface area (Å²) in [6.45, 7) is -0.595. The molecular weight excluding hydrogens is 335 g/mol. The average Bonchev–Trinajstić information content (AvgIpc) is 2.84. The minimum atomic E-state index is -4.31. The van der Waals surface area contributed by atoms with E-state index in [-0.39, 0.29) is 31.1 Å². The van der Waals surface area contributed by atoms with Crippen molar-refractivity contribution < 1.29 is 23.1 Å². The van der Waals surface area contributed by atoms with Crippen LogP contribution in [0.15, 0.2) is 36.5 Å². The summed E-state index contributed by atoms with van der Waals surface area (Å²) in [7, 11) is 0. The van der Waals surface area contributed by atoms with Gasteiger partial charge in [-0.05, 0) is 17.7 Å². The van der Waals surface area contributed by atoms with E-state index in [1.54, 1.807) is 18.2 Å². The van der Waals surface area contributed by atoms with E-state index in [1.807, 2.05) is 0 Å². The third-order valence-electron chi connectivity index (χ3n) is 2.91. The molecule has 126 valence electrons. The van der Waals surface area contributed by atoms with Crippen molar-refractivity contribution in [2.45, 2.75) is 25.8 Å². The van der Waals surface area contributed by atoms with Gasteiger partial charge in [-0.2, -0.15) is 18.3 Å². The Kier molecular flexibility index (Phi) is 6.59. The van der Waals surface area contributed by atoms with Crippen LogP contribution in [0.1, 0.15) is 21.6 Å². The van der Waals surface area contributed by atoms with Gasteiger partial charge in [0.1, 0.15) is 6.54 Å². The van der Waals surface area contributed by atoms with Crippen LogP contribution in [0.5, 0.6) is 0 Å². The highest BCUT2D eigenvalue weighted by Crippen LogP contribution is 2.17. The number of halogens is 4. The molecule has 2 aromatic rings. The Morgan fingerprint density at radius 2 is 1.91 bits per heavy atom. The molecule has 0 spiro atoms. The van der Waals surface area contributed by atoms with Gasteiger partial charge >= 0.3 is 12.1 Å². The molecule has 0 unspecified atom stereocenters. The Labute approximate surface area is 136 Å². The molecule has 0 fully saturated rings. The van der Waals surface area contributed by atoms with Gasteiger partial charge in [0.25, 0.3) is 0 Å². The Morgan fingerprint density at radius 1 is 1.22 bits per heavy atom. The fourth-order valence-electron chi connectivity index (χ4n) is 1.98. The van der Waals surface area contributed by atoms with Crippen molar-refractivity contribution in [3.05, 3.63) is 53.3 Å². The first kappa shape index (κ1) is 19.0. The topological polar surface area (TPSA) is 67.2 Å². The van der Waals surface area contributed by atoms with Crippen molar-refractivity contribution in [1.82, 2.24) is 15.1 Å². The quantitative estimate of drug-likeness (QED) is 0.841. The zero-order chi connectivity index (χ0) is 16.2. The van der Waals surface area contributed by atoms with Gasteiger partial charge in [-0.3, -0.25) is 4.68 Å². The van der Waals surface area contributed by atoms with E-state index >= 15 is 0 Å². The molecule has 9 heteroatoms. The van der Waals surface area contributed by atoms with Crippen LogP contribution in [0.3, 0.4) is 0 Å². The molecule has 0 saturated heterocycles. The van der Waals surface area contributed by atoms with Crippen LogP contribution in [-0.2, 0) is 19.6 Å². The summed E-state index contributed by atoms with van der Waals surface area (Å²) in [4.78, 5) is 11.0. The molecule has 0 saturated carbocycles. The predicted octanol–water partition coefficient (Wildman–Crippen LogP) is 2.86. The van der Waals surface area contributed by atoms with Crippen molar-refractivity contribution in [3.8, 4) is 0 Å². The van der Waals surface area contributed by atoms with Crippen LogP contribution >= 0.6 is 12.4 Å². The van der Waals surface area contributed by atoms with Crippen LogP contribution in [0.4, 0.5) is 13.2 Å². The normalized spacial score (nSPS) is 11.1. The van der Waals surface area contributed by atoms with Gasteiger partial charge in [-0.15, -0.1) is 12.4 Å². The molecule has 0 atom stereocenters. The highest BCUT2D eigenvalue weighted by Gasteiger charge is 2.28. The minimum absolute atomic E-state index is 0. The lowest BCUT2D eigenvalue weighted by Gasteiger charge is -2.07. The number of carbonyl (C=O) groups is 1. The Hall–Kier alpha value is -2.06. The number of nitrogens with one attached hydrogen (secondary N) is 1. The maximum Gasteiger partial charge on any atom is 0.408 e. The molecule has 0 aliphatic carbocycles. The second kappa shape index (κ2) is 7.98. The van der Waals surface area contributed by atoms with Gasteiger partial charge in [-0.1, -0.05) is 18.2 Å². The van der Waals surface area contributed by atoms with Crippen molar-refractivity contribution in [3.63, 3.8) is 0 Å². The zero-order valence-electron chi connectivity index (χ0n) is 11.9. The SMILES string of the molecule is Cl.O=C(O)c1ccccc1CNCc1ccn(CC(F)(F)F)n1. The summed E-state index contributed by atoms with van der Waals surface area (Å²) < 4.78 is 37.5. The molecular formula is C14H15ClF3N3O2. The first-order valence-electron chi connectivity index (χ1n) is 6.46. The number of aromatic carboxylic acids is 1. The van der Waals surface area contributed by atoms with Gasteiger partial charge in [0.05, 0.1) is 11.3 Å². The van der Waals surface area contributed by atoms with Gasteiger partial charge in [-0.25, -0.2) is 4.79 Å². The summed E-state index contributed by atoms with van der Waals surface area (Å²) in [5.41, 5.74) is 1.25. The zero-order valence-corrected chi connectivity index (χ0v) is 12.7. The van der Waals surface area contributed by atoms with Crippen LogP contribution in [0.25, 0.3) is 0 Å². The molecule has 23 heavy (non-hydrogen) atoms. The molecule has 5 nitrogen and oxygen atoms in total. The Bertz CT molecular complexity index is 659. The van der Waals surface area contributed by atoms with Crippen molar-refractivity contribution in [2.24, 2.45) is 0 Å². The van der Waals surface area contributed by atoms with E-state index in [1.165, 1.54) is 18.3 Å². The number of aromatic nitrogens is 2. The van der Waals surface area contributed by atoms with E-state index in [9.17, 15) is 18.0 Å². The molecule has 0 bridgehead atoms. The van der Waals surface area contributed by atoms with Gasteiger partial charge in [0.15, 0.2) is 0 Å². The monoisotopic (exact) mass is 349 g/mol. The number of alkyl halides is 3. The number of carboxylic acid groups (broad SMARTS) is 1. The molecule has 0 aliphatic rings. The number of carboxylic acids is 1. The molecule has 1 aromatic heterocycles. The summed E-state index contributed by atoms with van der Waals surface area (Å²) in [6, 6.07) is 8.02. The van der Waals surface area contributed by atoms with E-state index in [0.29, 0.717) is 11.3 Å². The van der Waals surface area contributed by atoms with E-state index in [0.717, 1.165) is 4.68 Å². The average molecular weight is 350 g/mol. The summed E-state index contributed by atoms with van der Waals surface area (Å²) in [5, 5.41) is 15.8. The highest BCUT2D eigenvalue weighted by molar-refractivity contribution is 5.89. The van der Waals surface area contributed by atoms with Crippen molar-refractivity contribution in [1.29, 1.82) is 0 Å². The Morgan fingerprint density at radius 3 is 2.57 bits per heavy atom. The fraction of sp³-hybridized carbons (Fsp3) is 0.286. The fourth-order valence-corrected chi connectivity index (χ4v) is 1.98. The highest BCUT2D eigenvalue weighted by atomic mass is 35.5. The van der Waals surface area contributed by atoms with Crippen LogP contribution in [0, 0.1) is 0 Å². The van der Waals surface area contributed by atoms with Crippen LogP contribution in [0.2, 0.25) is 0 Å². The molecule has 0 radical (unpaired) electrons. The van der Waals surface area contributed by atoms with Crippen molar-refractivity contribution >= 4 is 18.4 Å². The lowest BCUT2D eigenvalue weighted by Crippen LogP contribution is -2.19. The lowest BCUT2D eigenvalue weighted by atomic mass is 10.1. The van der Waals surface area contributed by atoms with Gasteiger partial charge in [0.2, 0.25) is 0 Å². The van der Waals surface area contributed by atoms with E-state index in [2.05, 4.69) is 10.4 Å². The second-order valence-electron chi connectivity index (χ2n) is 4.69. The lowest BCUT2D eigenvalue weighted by molar-refractivity contribution is -0.142. The summed E-state index contributed by atoms with van der Waals surface area (Å²) >= 11 is 0. The number of hydrogen-bond donors (Lipinski definition) is 2. The maximum atomic E-state index is 12.2. The predicted molar refractivity (Wildman–Crippen MR) is 79.5 cm³/mol. The van der Waals surface area contributed by atoms with Crippen molar-refractivity contribution in [2.75, 3.05) is 0 Å². The second-order valence-corrected chi connectivity index (χ2v) is 4.69. The van der Waals surface area contributed by atoms with Crippen LogP contribution < -0.4 is 5.32 Å². The number of rotatable bonds is 6. The number of nitrogens with zero attached hydrogens (tertiary/aromatic N) is 2. The Balaban J connectivity index is 0.00000264. The summed E-state index contributed by atoms with van der Waals surface area (Å²) in [5.74, 6) is -1.02. The molecule has 1 aromatic carbocycles. The van der Waals surface area contributed by atoms with E-state index in [4.69, 9.17) is 5.11 Å². The number of benzene rings is 1. The smallest absolute Gasteiger partial charge is 0.408 e. The first-order chi connectivity index (χ1) is 10.3. The molecule has 0 aliphatic heterocycles. The van der Waals surface area contributed by atoms with Crippen LogP contribution in [-0.4, -0.2) is 27.0 Å². The molecule has 2 rings (SSSR count). The van der Waals surface area contributed by atoms with Gasteiger partial charge in [0, 0.05) is 19.3 Å². The van der Waals surface area contributed by atoms with E-state index < -0.39 is 18.7 Å².